The van der Waals surface area contributed by atoms with Crippen LogP contribution in [-0.4, -0.2) is 24.4 Å². The first-order valence-electron chi connectivity index (χ1n) is 6.83. The van der Waals surface area contributed by atoms with Gasteiger partial charge in [0.1, 0.15) is 5.70 Å². The Morgan fingerprint density at radius 1 is 1.40 bits per heavy atom. The molecule has 0 aromatic carbocycles. The lowest BCUT2D eigenvalue weighted by Crippen LogP contribution is -2.33. The molecule has 0 aliphatic carbocycles. The summed E-state index contributed by atoms with van der Waals surface area (Å²) in [4.78, 5) is 23.7. The topological polar surface area (TPSA) is 55.4 Å². The van der Waals surface area contributed by atoms with Gasteiger partial charge in [0.15, 0.2) is 0 Å². The van der Waals surface area contributed by atoms with Crippen molar-refractivity contribution >= 4 is 23.5 Å². The third-order valence-corrected chi connectivity index (χ3v) is 3.09. The second-order valence-electron chi connectivity index (χ2n) is 4.58. The summed E-state index contributed by atoms with van der Waals surface area (Å²) >= 11 is 5.60. The van der Waals surface area contributed by atoms with Gasteiger partial charge in [-0.1, -0.05) is 18.2 Å². The number of carbonyl (C=O) groups excluding carboxylic acids is 2. The average molecular weight is 302 g/mol. The van der Waals surface area contributed by atoms with Crippen molar-refractivity contribution in [2.75, 3.05) is 12.5 Å². The number of ether oxygens (including phenoxy) is 1. The Balaban J connectivity index is 4.72. The van der Waals surface area contributed by atoms with Crippen LogP contribution in [0.5, 0.6) is 0 Å². The van der Waals surface area contributed by atoms with E-state index in [9.17, 15) is 9.59 Å². The molecule has 0 spiro atoms. The smallest absolute Gasteiger partial charge is 0.354 e. The maximum atomic E-state index is 12.0. The molecular weight excluding hydrogens is 278 g/mol. The van der Waals surface area contributed by atoms with Crippen LogP contribution < -0.4 is 5.32 Å². The van der Waals surface area contributed by atoms with E-state index in [2.05, 4.69) is 11.9 Å². The van der Waals surface area contributed by atoms with Crippen LogP contribution in [0.4, 0.5) is 0 Å². The fourth-order valence-corrected chi connectivity index (χ4v) is 1.53. The highest BCUT2D eigenvalue weighted by molar-refractivity contribution is 6.17. The molecule has 20 heavy (non-hydrogen) atoms. The molecule has 0 radical (unpaired) electrons. The van der Waals surface area contributed by atoms with E-state index in [1.54, 1.807) is 26.8 Å². The highest BCUT2D eigenvalue weighted by Gasteiger charge is 2.18. The van der Waals surface area contributed by atoms with Crippen LogP contribution in [0, 0.1) is 5.92 Å². The Bertz CT molecular complexity index is 377. The normalized spacial score (nSPS) is 12.7. The first kappa shape index (κ1) is 18.7. The molecule has 0 heterocycles. The Hall–Kier alpha value is -1.29. The van der Waals surface area contributed by atoms with Crippen LogP contribution in [-0.2, 0) is 14.3 Å². The summed E-state index contributed by atoms with van der Waals surface area (Å²) in [6.07, 6.45) is 4.08. The minimum Gasteiger partial charge on any atom is -0.461 e. The summed E-state index contributed by atoms with van der Waals surface area (Å²) in [7, 11) is 0. The largest absolute Gasteiger partial charge is 0.461 e. The van der Waals surface area contributed by atoms with Crippen molar-refractivity contribution in [2.45, 2.75) is 40.0 Å². The molecule has 0 bridgehead atoms. The number of esters is 1. The number of allylic oxidation sites excluding steroid dienone is 1. The maximum Gasteiger partial charge on any atom is 0.354 e. The number of hydrogen-bond donors (Lipinski definition) is 1. The maximum absolute atomic E-state index is 12.0. The monoisotopic (exact) mass is 301 g/mol. The number of carbonyl (C=O) groups is 2. The second kappa shape index (κ2) is 10.5. The summed E-state index contributed by atoms with van der Waals surface area (Å²) in [5.41, 5.74) is 0.937. The van der Waals surface area contributed by atoms with Gasteiger partial charge in [0.25, 0.3) is 0 Å². The number of hydrogen-bond acceptors (Lipinski definition) is 3. The van der Waals surface area contributed by atoms with Gasteiger partial charge in [-0.2, -0.15) is 0 Å². The zero-order valence-electron chi connectivity index (χ0n) is 12.5. The molecule has 0 saturated heterocycles. The predicted octanol–water partition coefficient (Wildman–Crippen LogP) is 3.17. The Labute approximate surface area is 126 Å². The molecule has 5 heteroatoms. The van der Waals surface area contributed by atoms with Crippen molar-refractivity contribution in [1.29, 1.82) is 0 Å². The second-order valence-corrected chi connectivity index (χ2v) is 4.96. The van der Waals surface area contributed by atoms with Gasteiger partial charge in [-0.3, -0.25) is 4.79 Å². The van der Waals surface area contributed by atoms with Gasteiger partial charge < -0.3 is 10.1 Å². The van der Waals surface area contributed by atoms with Crippen LogP contribution in [0.1, 0.15) is 40.0 Å². The standard InChI is InChI=1S/C15H24ClNO3/c1-5-20-15(19)13(9-7-6-8-10-16)17-14(18)12(4)11(2)3/h9,12H,2,5-8,10H2,1,3-4H3,(H,17,18)/b13-9-. The van der Waals surface area contributed by atoms with Crippen molar-refractivity contribution < 1.29 is 14.3 Å². The van der Waals surface area contributed by atoms with Gasteiger partial charge in [0, 0.05) is 5.88 Å². The molecule has 0 saturated carbocycles. The fraction of sp³-hybridized carbons (Fsp3) is 0.600. The predicted molar refractivity (Wildman–Crippen MR) is 81.4 cm³/mol. The third-order valence-electron chi connectivity index (χ3n) is 2.82. The number of halogens is 1. The molecule has 0 rings (SSSR count). The molecule has 0 aromatic rings. The van der Waals surface area contributed by atoms with E-state index in [4.69, 9.17) is 16.3 Å². The molecule has 1 unspecified atom stereocenters. The van der Waals surface area contributed by atoms with Crippen LogP contribution in [0.25, 0.3) is 0 Å². The zero-order valence-corrected chi connectivity index (χ0v) is 13.3. The van der Waals surface area contributed by atoms with Crippen LogP contribution in [0.3, 0.4) is 0 Å². The van der Waals surface area contributed by atoms with Crippen LogP contribution >= 0.6 is 11.6 Å². The summed E-state index contributed by atoms with van der Waals surface area (Å²) in [6, 6.07) is 0. The first-order valence-corrected chi connectivity index (χ1v) is 7.37. The minimum atomic E-state index is -0.513. The molecule has 0 aromatic heterocycles. The average Bonchev–Trinajstić information content (AvgIpc) is 2.41. The summed E-state index contributed by atoms with van der Waals surface area (Å²) in [5.74, 6) is -0.535. The van der Waals surface area contributed by atoms with Crippen LogP contribution in [0.2, 0.25) is 0 Å². The van der Waals surface area contributed by atoms with E-state index in [-0.39, 0.29) is 24.1 Å². The summed E-state index contributed by atoms with van der Waals surface area (Å²) in [5, 5.41) is 2.61. The van der Waals surface area contributed by atoms with Crippen molar-refractivity contribution in [3.05, 3.63) is 23.9 Å². The van der Waals surface area contributed by atoms with Gasteiger partial charge in [-0.25, -0.2) is 4.79 Å². The molecule has 4 nitrogen and oxygen atoms in total. The van der Waals surface area contributed by atoms with Crippen molar-refractivity contribution in [2.24, 2.45) is 5.92 Å². The summed E-state index contributed by atoms with van der Waals surface area (Å²) < 4.78 is 4.93. The zero-order chi connectivity index (χ0) is 15.5. The molecule has 114 valence electrons. The fourth-order valence-electron chi connectivity index (χ4n) is 1.34. The molecule has 1 atom stereocenters. The lowest BCUT2D eigenvalue weighted by atomic mass is 10.0. The lowest BCUT2D eigenvalue weighted by Gasteiger charge is -2.14. The molecule has 1 amide bonds. The highest BCUT2D eigenvalue weighted by atomic mass is 35.5. The number of alkyl halides is 1. The number of nitrogens with one attached hydrogen (secondary N) is 1. The van der Waals surface area contributed by atoms with Gasteiger partial charge in [0.05, 0.1) is 12.5 Å². The first-order chi connectivity index (χ1) is 9.43. The minimum absolute atomic E-state index is 0.194. The Morgan fingerprint density at radius 3 is 2.55 bits per heavy atom. The molecule has 1 N–H and O–H groups in total. The van der Waals surface area contributed by atoms with Crippen molar-refractivity contribution in [1.82, 2.24) is 5.32 Å². The van der Waals surface area contributed by atoms with Crippen molar-refractivity contribution in [3.8, 4) is 0 Å². The van der Waals surface area contributed by atoms with Gasteiger partial charge in [-0.15, -0.1) is 11.6 Å². The van der Waals surface area contributed by atoms with Gasteiger partial charge in [-0.05, 0) is 40.0 Å². The van der Waals surface area contributed by atoms with Gasteiger partial charge in [0.2, 0.25) is 5.91 Å². The highest BCUT2D eigenvalue weighted by Crippen LogP contribution is 2.09. The molecular formula is C15H24ClNO3. The quantitative estimate of drug-likeness (QED) is 0.234. The van der Waals surface area contributed by atoms with E-state index >= 15 is 0 Å². The van der Waals surface area contributed by atoms with Gasteiger partial charge >= 0.3 is 5.97 Å². The number of rotatable bonds is 9. The lowest BCUT2D eigenvalue weighted by molar-refractivity contribution is -0.140. The van der Waals surface area contributed by atoms with E-state index in [0.29, 0.717) is 12.3 Å². The number of unbranched alkanes of at least 4 members (excludes halogenated alkanes) is 2. The Morgan fingerprint density at radius 2 is 2.05 bits per heavy atom. The third kappa shape index (κ3) is 7.34. The van der Waals surface area contributed by atoms with E-state index in [1.165, 1.54) is 0 Å². The van der Waals surface area contributed by atoms with Crippen molar-refractivity contribution in [3.63, 3.8) is 0 Å². The SMILES string of the molecule is C=C(C)C(C)C(=O)N/C(=C\CCCCCl)C(=O)OCC. The number of amides is 1. The summed E-state index contributed by atoms with van der Waals surface area (Å²) in [6.45, 7) is 9.25. The Kier molecular flexibility index (Phi) is 9.82. The van der Waals surface area contributed by atoms with Crippen LogP contribution in [0.15, 0.2) is 23.9 Å². The molecule has 0 aliphatic heterocycles. The van der Waals surface area contributed by atoms with E-state index < -0.39 is 5.97 Å². The molecule has 0 aliphatic rings. The van der Waals surface area contributed by atoms with E-state index in [1.807, 2.05) is 0 Å². The van der Waals surface area contributed by atoms with E-state index in [0.717, 1.165) is 18.4 Å². The molecule has 0 fully saturated rings.